The lowest BCUT2D eigenvalue weighted by Crippen LogP contribution is -2.07. The molecule has 0 aliphatic carbocycles. The van der Waals surface area contributed by atoms with Gasteiger partial charge >= 0.3 is 5.97 Å². The molecule has 0 aromatic carbocycles. The van der Waals surface area contributed by atoms with E-state index in [1.807, 2.05) is 0 Å². The molecule has 0 aromatic heterocycles. The zero-order chi connectivity index (χ0) is 8.57. The third kappa shape index (κ3) is 7.23. The van der Waals surface area contributed by atoms with Crippen LogP contribution in [0.15, 0.2) is 12.8 Å². The summed E-state index contributed by atoms with van der Waals surface area (Å²) in [5, 5.41) is 0. The van der Waals surface area contributed by atoms with E-state index >= 15 is 0 Å². The fourth-order valence-electron chi connectivity index (χ4n) is 0.218. The van der Waals surface area contributed by atoms with E-state index in [1.54, 1.807) is 13.8 Å². The van der Waals surface area contributed by atoms with E-state index in [9.17, 15) is 4.79 Å². The van der Waals surface area contributed by atoms with Crippen molar-refractivity contribution in [3.8, 4) is 0 Å². The van der Waals surface area contributed by atoms with Crippen molar-refractivity contribution in [1.29, 1.82) is 0 Å². The van der Waals surface area contributed by atoms with Crippen molar-refractivity contribution in [2.45, 2.75) is 13.8 Å². The molecule has 58 valence electrons. The first-order valence-electron chi connectivity index (χ1n) is 2.66. The molecule has 0 bridgehead atoms. The molecule has 0 saturated heterocycles. The molecule has 0 radical (unpaired) electrons. The number of carbonyl (C=O) groups is 1. The van der Waals surface area contributed by atoms with Gasteiger partial charge in [-0.3, -0.25) is 4.79 Å². The molecule has 0 aliphatic rings. The normalized spacial score (nSPS) is 7.50. The Morgan fingerprint density at radius 3 is 2.10 bits per heavy atom. The first-order chi connectivity index (χ1) is 4.68. The second kappa shape index (κ2) is 8.23. The number of carbonyl (C=O) groups excluding carboxylic acids is 1. The highest BCUT2D eigenvalue weighted by Gasteiger charge is 2.04. The zero-order valence-corrected chi connectivity index (χ0v) is 6.81. The van der Waals surface area contributed by atoms with E-state index in [0.29, 0.717) is 0 Å². The molecule has 0 fully saturated rings. The second-order valence-corrected chi connectivity index (χ2v) is 1.76. The van der Waals surface area contributed by atoms with E-state index in [0.717, 1.165) is 6.26 Å². The van der Waals surface area contributed by atoms with Crippen LogP contribution in [0.2, 0.25) is 0 Å². The minimum absolute atomic E-state index is 0.0620. The minimum Gasteiger partial charge on any atom is -0.435 e. The Labute approximate surface area is 65.6 Å². The highest BCUT2D eigenvalue weighted by molar-refractivity contribution is 7.44. The topological polar surface area (TPSA) is 43.4 Å². The Hall–Kier alpha value is -0.770. The summed E-state index contributed by atoms with van der Waals surface area (Å²) in [6, 6.07) is 0. The van der Waals surface area contributed by atoms with Crippen LogP contribution >= 0.6 is 0 Å². The molecule has 4 heteroatoms. The molecule has 0 saturated carbocycles. The molecular formula is C6H10O3S. The van der Waals surface area contributed by atoms with Gasteiger partial charge in [0.25, 0.3) is 0 Å². The van der Waals surface area contributed by atoms with Crippen molar-refractivity contribution < 1.29 is 13.7 Å². The van der Waals surface area contributed by atoms with Crippen LogP contribution in [-0.4, -0.2) is 10.2 Å². The maximum absolute atomic E-state index is 10.4. The largest absolute Gasteiger partial charge is 0.435 e. The third-order valence-electron chi connectivity index (χ3n) is 0.671. The molecule has 0 atom stereocenters. The van der Waals surface area contributed by atoms with E-state index < -0.39 is 0 Å². The van der Waals surface area contributed by atoms with Crippen molar-refractivity contribution in [2.24, 2.45) is 5.92 Å². The SMILES string of the molecule is C=COC(=O)C(C)C.O=S. The molecule has 3 nitrogen and oxygen atoms in total. The van der Waals surface area contributed by atoms with Crippen LogP contribution in [0.1, 0.15) is 13.8 Å². The minimum atomic E-state index is -0.236. The van der Waals surface area contributed by atoms with E-state index in [2.05, 4.69) is 23.8 Å². The molecule has 10 heavy (non-hydrogen) atoms. The van der Waals surface area contributed by atoms with Crippen molar-refractivity contribution in [3.63, 3.8) is 0 Å². The van der Waals surface area contributed by atoms with Crippen LogP contribution in [0.5, 0.6) is 0 Å². The predicted octanol–water partition coefficient (Wildman–Crippen LogP) is 0.993. The lowest BCUT2D eigenvalue weighted by molar-refractivity contribution is -0.141. The maximum Gasteiger partial charge on any atom is 0.313 e. The van der Waals surface area contributed by atoms with E-state index in [1.165, 1.54) is 0 Å². The molecular weight excluding hydrogens is 152 g/mol. The van der Waals surface area contributed by atoms with Gasteiger partial charge in [0.05, 0.1) is 12.2 Å². The lowest BCUT2D eigenvalue weighted by atomic mass is 10.2. The number of hydrogen-bond acceptors (Lipinski definition) is 4. The summed E-state index contributed by atoms with van der Waals surface area (Å²) < 4.78 is 12.3. The van der Waals surface area contributed by atoms with Crippen molar-refractivity contribution in [2.75, 3.05) is 0 Å². The summed E-state index contributed by atoms with van der Waals surface area (Å²) in [6.07, 6.45) is 1.14. The smallest absolute Gasteiger partial charge is 0.313 e. The third-order valence-corrected chi connectivity index (χ3v) is 0.671. The van der Waals surface area contributed by atoms with Gasteiger partial charge in [0, 0.05) is 0 Å². The van der Waals surface area contributed by atoms with Crippen molar-refractivity contribution in [3.05, 3.63) is 12.8 Å². The standard InChI is InChI=1S/C6H10O2.OS/c1-4-8-6(7)5(2)3;1-2/h4-5H,1H2,2-3H3;. The second-order valence-electron chi connectivity index (χ2n) is 1.76. The number of rotatable bonds is 2. The Kier molecular flexibility index (Phi) is 9.84. The van der Waals surface area contributed by atoms with Crippen molar-refractivity contribution >= 4 is 18.5 Å². The summed E-state index contributed by atoms with van der Waals surface area (Å²) in [6.45, 7) is 6.78. The van der Waals surface area contributed by atoms with Crippen LogP contribution in [-0.2, 0) is 22.1 Å². The maximum atomic E-state index is 10.4. The quantitative estimate of drug-likeness (QED) is 0.448. The van der Waals surface area contributed by atoms with Gasteiger partial charge in [-0.15, -0.1) is 0 Å². The van der Waals surface area contributed by atoms with Crippen LogP contribution in [0.25, 0.3) is 0 Å². The fourth-order valence-corrected chi connectivity index (χ4v) is 0.218. The summed E-state index contributed by atoms with van der Waals surface area (Å²) >= 11 is 2.83. The predicted molar refractivity (Wildman–Crippen MR) is 39.3 cm³/mol. The Bertz CT molecular complexity index is 112. The monoisotopic (exact) mass is 162 g/mol. The van der Waals surface area contributed by atoms with Crippen LogP contribution < -0.4 is 0 Å². The number of esters is 1. The average molecular weight is 162 g/mol. The van der Waals surface area contributed by atoms with Crippen molar-refractivity contribution in [1.82, 2.24) is 0 Å². The summed E-state index contributed by atoms with van der Waals surface area (Å²) in [5.74, 6) is -0.298. The molecule has 0 N–H and O–H groups in total. The molecule has 0 aliphatic heterocycles. The van der Waals surface area contributed by atoms with Gasteiger partial charge in [-0.2, -0.15) is 4.21 Å². The van der Waals surface area contributed by atoms with Crippen LogP contribution in [0.3, 0.4) is 0 Å². The Morgan fingerprint density at radius 1 is 1.60 bits per heavy atom. The summed E-state index contributed by atoms with van der Waals surface area (Å²) in [4.78, 5) is 10.4. The lowest BCUT2D eigenvalue weighted by Gasteiger charge is -1.98. The van der Waals surface area contributed by atoms with E-state index in [-0.39, 0.29) is 11.9 Å². The van der Waals surface area contributed by atoms with Gasteiger partial charge in [0.1, 0.15) is 0 Å². The molecule has 0 rings (SSSR count). The van der Waals surface area contributed by atoms with Crippen LogP contribution in [0.4, 0.5) is 0 Å². The highest BCUT2D eigenvalue weighted by atomic mass is 32.1. The summed E-state index contributed by atoms with van der Waals surface area (Å²) in [7, 11) is 0. The molecule has 0 amide bonds. The number of hydrogen-bond donors (Lipinski definition) is 0. The first-order valence-corrected chi connectivity index (χ1v) is 3.00. The highest BCUT2D eigenvalue weighted by Crippen LogP contribution is 1.94. The molecule has 0 aromatic rings. The van der Waals surface area contributed by atoms with Gasteiger partial charge in [0.2, 0.25) is 0 Å². The Balaban J connectivity index is 0. The zero-order valence-electron chi connectivity index (χ0n) is 5.99. The first kappa shape index (κ1) is 12.0. The Morgan fingerprint density at radius 2 is 2.00 bits per heavy atom. The molecule has 0 unspecified atom stereocenters. The molecule has 0 spiro atoms. The van der Waals surface area contributed by atoms with Gasteiger partial charge in [-0.05, 0) is 0 Å². The average Bonchev–Trinajstić information content (AvgIpc) is 1.93. The number of ether oxygens (including phenoxy) is 1. The van der Waals surface area contributed by atoms with Crippen LogP contribution in [0, 0.1) is 5.92 Å². The summed E-state index contributed by atoms with van der Waals surface area (Å²) in [5.41, 5.74) is 0. The molecule has 0 heterocycles. The van der Waals surface area contributed by atoms with E-state index in [4.69, 9.17) is 4.21 Å². The van der Waals surface area contributed by atoms with Gasteiger partial charge < -0.3 is 4.74 Å². The van der Waals surface area contributed by atoms with Gasteiger partial charge in [-0.1, -0.05) is 20.4 Å². The van der Waals surface area contributed by atoms with Gasteiger partial charge in [-0.25, -0.2) is 0 Å². The fraction of sp³-hybridized carbons (Fsp3) is 0.500. The van der Waals surface area contributed by atoms with Gasteiger partial charge in [0.15, 0.2) is 12.5 Å².